The van der Waals surface area contributed by atoms with E-state index in [1.54, 1.807) is 6.07 Å². The molecule has 0 saturated carbocycles. The number of nitrogens with one attached hydrogen (secondary N) is 1. The Morgan fingerprint density at radius 2 is 1.86 bits per heavy atom. The topological polar surface area (TPSA) is 15.3 Å². The first-order chi connectivity index (χ1) is 9.65. The van der Waals surface area contributed by atoms with E-state index in [2.05, 4.69) is 17.1 Å². The summed E-state index contributed by atoms with van der Waals surface area (Å²) in [6.07, 6.45) is 3.05. The van der Waals surface area contributed by atoms with Crippen LogP contribution >= 0.6 is 35.6 Å². The maximum atomic E-state index is 14.4. The molecule has 2 nitrogen and oxygen atoms in total. The third-order valence-corrected chi connectivity index (χ3v) is 4.46. The second-order valence-electron chi connectivity index (χ2n) is 5.20. The minimum atomic E-state index is -0.362. The molecule has 1 fully saturated rings. The summed E-state index contributed by atoms with van der Waals surface area (Å²) in [5.74, 6) is -0.362. The molecule has 1 saturated heterocycles. The Bertz CT molecular complexity index is 451. The lowest BCUT2D eigenvalue weighted by molar-refractivity contribution is 0.160. The molecule has 1 heterocycles. The number of halogens is 4. The van der Waals surface area contributed by atoms with E-state index in [0.717, 1.165) is 45.4 Å². The Hall–Kier alpha value is -0.0600. The van der Waals surface area contributed by atoms with Crippen molar-refractivity contribution < 1.29 is 4.39 Å². The van der Waals surface area contributed by atoms with Gasteiger partial charge >= 0.3 is 0 Å². The first kappa shape index (κ1) is 19.0. The molecule has 2 rings (SSSR count). The lowest BCUT2D eigenvalue weighted by atomic mass is 9.98. The Labute approximate surface area is 142 Å². The highest BCUT2D eigenvalue weighted by molar-refractivity contribution is 6.33. The van der Waals surface area contributed by atoms with Gasteiger partial charge in [0.1, 0.15) is 5.82 Å². The molecule has 1 N–H and O–H groups in total. The molecule has 1 atom stereocenters. The van der Waals surface area contributed by atoms with Crippen molar-refractivity contribution in [2.24, 2.45) is 0 Å². The van der Waals surface area contributed by atoms with Crippen LogP contribution in [0.25, 0.3) is 0 Å². The van der Waals surface area contributed by atoms with Gasteiger partial charge in [-0.2, -0.15) is 0 Å². The zero-order valence-electron chi connectivity index (χ0n) is 12.2. The molecule has 0 spiro atoms. The van der Waals surface area contributed by atoms with Gasteiger partial charge in [-0.05, 0) is 18.6 Å². The van der Waals surface area contributed by atoms with Crippen molar-refractivity contribution in [1.82, 2.24) is 10.2 Å². The molecule has 0 amide bonds. The lowest BCUT2D eigenvalue weighted by Crippen LogP contribution is -2.45. The van der Waals surface area contributed by atoms with Crippen LogP contribution in [0.5, 0.6) is 0 Å². The first-order valence-corrected chi connectivity index (χ1v) is 7.99. The molecule has 0 radical (unpaired) electrons. The summed E-state index contributed by atoms with van der Waals surface area (Å²) < 4.78 is 14.4. The van der Waals surface area contributed by atoms with E-state index in [4.69, 9.17) is 23.2 Å². The Morgan fingerprint density at radius 1 is 1.24 bits per heavy atom. The number of benzene rings is 1. The van der Waals surface area contributed by atoms with Crippen molar-refractivity contribution in [3.8, 4) is 0 Å². The number of nitrogens with zero attached hydrogens (tertiary/aromatic N) is 1. The average Bonchev–Trinajstić information content (AvgIpc) is 2.47. The summed E-state index contributed by atoms with van der Waals surface area (Å²) >= 11 is 12.2. The maximum absolute atomic E-state index is 14.4. The first-order valence-electron chi connectivity index (χ1n) is 7.23. The molecule has 6 heteroatoms. The van der Waals surface area contributed by atoms with E-state index in [1.807, 2.05) is 0 Å². The van der Waals surface area contributed by atoms with Gasteiger partial charge in [-0.1, -0.05) is 43.0 Å². The van der Waals surface area contributed by atoms with E-state index in [0.29, 0.717) is 10.6 Å². The van der Waals surface area contributed by atoms with Gasteiger partial charge in [-0.15, -0.1) is 12.4 Å². The highest BCUT2D eigenvalue weighted by Gasteiger charge is 2.27. The molecular weight excluding hydrogens is 334 g/mol. The largest absolute Gasteiger partial charge is 0.314 e. The van der Waals surface area contributed by atoms with Crippen molar-refractivity contribution in [3.05, 3.63) is 33.6 Å². The minimum Gasteiger partial charge on any atom is -0.314 e. The third kappa shape index (κ3) is 4.70. The van der Waals surface area contributed by atoms with Crippen LogP contribution in [-0.2, 0) is 0 Å². The molecule has 1 aromatic rings. The van der Waals surface area contributed by atoms with E-state index < -0.39 is 0 Å². The number of rotatable bonds is 5. The SMILES string of the molecule is CCCC[C@H](c1c(Cl)ccc(Cl)c1F)N1CCNCC1.Cl. The van der Waals surface area contributed by atoms with E-state index in [1.165, 1.54) is 6.07 Å². The highest BCUT2D eigenvalue weighted by atomic mass is 35.5. The number of hydrogen-bond donors (Lipinski definition) is 1. The van der Waals surface area contributed by atoms with E-state index in [9.17, 15) is 4.39 Å². The van der Waals surface area contributed by atoms with Gasteiger partial charge in [0.25, 0.3) is 0 Å². The second kappa shape index (κ2) is 9.16. The van der Waals surface area contributed by atoms with Crippen LogP contribution in [0.2, 0.25) is 10.0 Å². The van der Waals surface area contributed by atoms with E-state index in [-0.39, 0.29) is 29.3 Å². The summed E-state index contributed by atoms with van der Waals surface area (Å²) in [5, 5.41) is 3.96. The van der Waals surface area contributed by atoms with Gasteiger partial charge in [-0.25, -0.2) is 4.39 Å². The Balaban J connectivity index is 0.00000220. The predicted molar refractivity (Wildman–Crippen MR) is 90.4 cm³/mol. The molecule has 21 heavy (non-hydrogen) atoms. The monoisotopic (exact) mass is 354 g/mol. The van der Waals surface area contributed by atoms with Crippen LogP contribution in [0, 0.1) is 5.82 Å². The molecular formula is C15H22Cl3FN2. The molecule has 1 aliphatic heterocycles. The zero-order chi connectivity index (χ0) is 14.5. The Kier molecular flexibility index (Phi) is 8.28. The van der Waals surface area contributed by atoms with Gasteiger partial charge < -0.3 is 5.32 Å². The van der Waals surface area contributed by atoms with Crippen molar-refractivity contribution in [2.45, 2.75) is 32.2 Å². The van der Waals surface area contributed by atoms with Gasteiger partial charge in [0.05, 0.1) is 5.02 Å². The zero-order valence-corrected chi connectivity index (χ0v) is 14.5. The highest BCUT2D eigenvalue weighted by Crippen LogP contribution is 2.36. The summed E-state index contributed by atoms with van der Waals surface area (Å²) in [6, 6.07) is 3.24. The fourth-order valence-electron chi connectivity index (χ4n) is 2.75. The summed E-state index contributed by atoms with van der Waals surface area (Å²) in [6.45, 7) is 5.84. The van der Waals surface area contributed by atoms with Gasteiger partial charge in [0.15, 0.2) is 0 Å². The lowest BCUT2D eigenvalue weighted by Gasteiger charge is -2.36. The second-order valence-corrected chi connectivity index (χ2v) is 6.02. The standard InChI is InChI=1S/C15H21Cl2FN2.ClH/c1-2-3-4-13(20-9-7-19-8-10-20)14-11(16)5-6-12(17)15(14)18;/h5-6,13,19H,2-4,7-10H2,1H3;1H/t13-;/m1./s1. The van der Waals surface area contributed by atoms with Gasteiger partial charge in [-0.3, -0.25) is 4.90 Å². The molecule has 120 valence electrons. The molecule has 1 aromatic carbocycles. The number of unbranched alkanes of at least 4 members (excludes halogenated alkanes) is 1. The summed E-state index contributed by atoms with van der Waals surface area (Å²) in [7, 11) is 0. The van der Waals surface area contributed by atoms with Crippen LogP contribution in [0.15, 0.2) is 12.1 Å². The van der Waals surface area contributed by atoms with Crippen LogP contribution in [0.3, 0.4) is 0 Å². The Morgan fingerprint density at radius 3 is 2.48 bits per heavy atom. The maximum Gasteiger partial charge on any atom is 0.148 e. The number of hydrogen-bond acceptors (Lipinski definition) is 2. The quantitative estimate of drug-likeness (QED) is 0.771. The third-order valence-electron chi connectivity index (χ3n) is 3.84. The number of piperazine rings is 1. The molecule has 0 bridgehead atoms. The molecule has 1 aliphatic rings. The fourth-order valence-corrected chi connectivity index (χ4v) is 3.19. The molecule has 0 unspecified atom stereocenters. The van der Waals surface area contributed by atoms with Crippen LogP contribution in [0.1, 0.15) is 37.8 Å². The van der Waals surface area contributed by atoms with Crippen LogP contribution < -0.4 is 5.32 Å². The predicted octanol–water partition coefficient (Wildman–Crippen LogP) is 4.69. The molecule has 0 aliphatic carbocycles. The van der Waals surface area contributed by atoms with Gasteiger partial charge in [0.2, 0.25) is 0 Å². The van der Waals surface area contributed by atoms with Crippen molar-refractivity contribution >= 4 is 35.6 Å². The van der Waals surface area contributed by atoms with Crippen molar-refractivity contribution in [3.63, 3.8) is 0 Å². The van der Waals surface area contributed by atoms with E-state index >= 15 is 0 Å². The molecule has 0 aromatic heterocycles. The van der Waals surface area contributed by atoms with Crippen LogP contribution in [0.4, 0.5) is 4.39 Å². The van der Waals surface area contributed by atoms with Crippen molar-refractivity contribution in [2.75, 3.05) is 26.2 Å². The summed E-state index contributed by atoms with van der Waals surface area (Å²) in [5.41, 5.74) is 0.564. The smallest absolute Gasteiger partial charge is 0.148 e. The normalized spacial score (nSPS) is 17.3. The summed E-state index contributed by atoms with van der Waals surface area (Å²) in [4.78, 5) is 2.31. The van der Waals surface area contributed by atoms with Gasteiger partial charge in [0, 0.05) is 42.8 Å². The van der Waals surface area contributed by atoms with Crippen LogP contribution in [-0.4, -0.2) is 31.1 Å². The fraction of sp³-hybridized carbons (Fsp3) is 0.600. The minimum absolute atomic E-state index is 0. The van der Waals surface area contributed by atoms with Crippen molar-refractivity contribution in [1.29, 1.82) is 0 Å². The average molecular weight is 356 g/mol.